The molecule has 1 aliphatic heterocycles. The normalized spacial score (nSPS) is 15.7. The zero-order chi connectivity index (χ0) is 18.9. The number of para-hydroxylation sites is 2. The number of aromatic nitrogens is 4. The van der Waals surface area contributed by atoms with E-state index < -0.39 is 0 Å². The molecule has 1 atom stereocenters. The summed E-state index contributed by atoms with van der Waals surface area (Å²) >= 11 is 1.52. The molecule has 1 aromatic carbocycles. The second-order valence-electron chi connectivity index (χ2n) is 6.21. The van der Waals surface area contributed by atoms with Gasteiger partial charge in [-0.1, -0.05) is 29.1 Å². The summed E-state index contributed by atoms with van der Waals surface area (Å²) in [5.41, 5.74) is 0.798. The number of hydrogen-bond acceptors (Lipinski definition) is 8. The summed E-state index contributed by atoms with van der Waals surface area (Å²) in [6, 6.07) is 13.1. The molecule has 0 unspecified atom stereocenters. The lowest BCUT2D eigenvalue weighted by Crippen LogP contribution is -2.24. The monoisotopic (exact) mass is 396 g/mol. The third-order valence-corrected chi connectivity index (χ3v) is 5.39. The van der Waals surface area contributed by atoms with E-state index in [-0.39, 0.29) is 6.10 Å². The molecule has 0 fully saturated rings. The van der Waals surface area contributed by atoms with Crippen LogP contribution in [-0.2, 0) is 12.8 Å². The first-order chi connectivity index (χ1) is 13.8. The highest BCUT2D eigenvalue weighted by Gasteiger charge is 2.27. The average Bonchev–Trinajstić information content (AvgIpc) is 3.47. The maximum absolute atomic E-state index is 6.02. The van der Waals surface area contributed by atoms with E-state index in [1.54, 1.807) is 6.26 Å². The first-order valence-electron chi connectivity index (χ1n) is 8.68. The molecule has 1 aliphatic rings. The molecule has 5 rings (SSSR count). The van der Waals surface area contributed by atoms with Gasteiger partial charge in [-0.05, 0) is 24.3 Å². The van der Waals surface area contributed by atoms with E-state index >= 15 is 0 Å². The number of benzene rings is 1. The summed E-state index contributed by atoms with van der Waals surface area (Å²) in [6.07, 6.45) is 1.29. The van der Waals surface area contributed by atoms with Crippen molar-refractivity contribution in [1.29, 1.82) is 0 Å². The zero-order valence-electron chi connectivity index (χ0n) is 14.9. The van der Waals surface area contributed by atoms with Crippen molar-refractivity contribution < 1.29 is 18.4 Å². The first kappa shape index (κ1) is 16.9. The topological polar surface area (TPSA) is 88.3 Å². The van der Waals surface area contributed by atoms with Crippen LogP contribution in [0.25, 0.3) is 11.5 Å². The van der Waals surface area contributed by atoms with Gasteiger partial charge in [-0.3, -0.25) is 0 Å². The summed E-state index contributed by atoms with van der Waals surface area (Å²) in [5.74, 6) is 4.03. The summed E-state index contributed by atoms with van der Waals surface area (Å²) in [4.78, 5) is 0. The molecule has 0 N–H and O–H groups in total. The molecule has 4 aromatic rings. The summed E-state index contributed by atoms with van der Waals surface area (Å²) < 4.78 is 24.4. The number of furan rings is 1. The Balaban J connectivity index is 1.27. The van der Waals surface area contributed by atoms with Crippen LogP contribution in [0, 0.1) is 0 Å². The molecule has 28 heavy (non-hydrogen) atoms. The van der Waals surface area contributed by atoms with Crippen molar-refractivity contribution in [2.24, 2.45) is 7.05 Å². The SMILES string of the molecule is Cn1c(SCc2cc(-c3ccco3)on2)nnc1[C@H]1COc2ccccc2O1. The number of rotatable bonds is 5. The highest BCUT2D eigenvalue weighted by molar-refractivity contribution is 7.98. The fourth-order valence-electron chi connectivity index (χ4n) is 2.93. The van der Waals surface area contributed by atoms with E-state index in [0.717, 1.165) is 16.6 Å². The van der Waals surface area contributed by atoms with Gasteiger partial charge in [0.15, 0.2) is 34.3 Å². The number of nitrogens with zero attached hydrogens (tertiary/aromatic N) is 4. The Bertz CT molecular complexity index is 1090. The first-order valence-corrected chi connectivity index (χ1v) is 9.66. The highest BCUT2D eigenvalue weighted by Crippen LogP contribution is 2.36. The van der Waals surface area contributed by atoms with Crippen molar-refractivity contribution in [3.63, 3.8) is 0 Å². The van der Waals surface area contributed by atoms with Gasteiger partial charge in [0, 0.05) is 18.9 Å². The van der Waals surface area contributed by atoms with Crippen LogP contribution in [0.15, 0.2) is 62.8 Å². The highest BCUT2D eigenvalue weighted by atomic mass is 32.2. The average molecular weight is 396 g/mol. The van der Waals surface area contributed by atoms with Gasteiger partial charge < -0.3 is 23.0 Å². The van der Waals surface area contributed by atoms with Gasteiger partial charge in [-0.15, -0.1) is 10.2 Å². The Morgan fingerprint density at radius 2 is 2.00 bits per heavy atom. The smallest absolute Gasteiger partial charge is 0.202 e. The van der Waals surface area contributed by atoms with E-state index in [4.69, 9.17) is 18.4 Å². The second kappa shape index (κ2) is 7.08. The van der Waals surface area contributed by atoms with E-state index in [1.165, 1.54) is 11.8 Å². The molecule has 0 aliphatic carbocycles. The van der Waals surface area contributed by atoms with Gasteiger partial charge in [-0.25, -0.2) is 0 Å². The Hall–Kier alpha value is -3.20. The van der Waals surface area contributed by atoms with Crippen LogP contribution in [0.2, 0.25) is 0 Å². The van der Waals surface area contributed by atoms with Gasteiger partial charge in [0.2, 0.25) is 5.76 Å². The van der Waals surface area contributed by atoms with E-state index in [2.05, 4.69) is 15.4 Å². The molecule has 3 aromatic heterocycles. The van der Waals surface area contributed by atoms with Crippen molar-refractivity contribution in [2.45, 2.75) is 17.0 Å². The molecule has 142 valence electrons. The van der Waals surface area contributed by atoms with Crippen molar-refractivity contribution in [3.05, 3.63) is 60.2 Å². The standard InChI is InChI=1S/C19H16N4O4S/c1-23-18(17-10-25-13-5-2-3-6-15(13)26-17)20-21-19(23)28-11-12-9-16(27-22-12)14-7-4-8-24-14/h2-9,17H,10-11H2,1H3/t17-/m1/s1. The number of fused-ring (bicyclic) bond motifs is 1. The van der Waals surface area contributed by atoms with Gasteiger partial charge in [-0.2, -0.15) is 0 Å². The zero-order valence-corrected chi connectivity index (χ0v) is 15.8. The van der Waals surface area contributed by atoms with Crippen LogP contribution in [0.3, 0.4) is 0 Å². The Morgan fingerprint density at radius 3 is 2.86 bits per heavy atom. The van der Waals surface area contributed by atoms with Gasteiger partial charge in [0.05, 0.1) is 12.0 Å². The molecule has 0 amide bonds. The van der Waals surface area contributed by atoms with Crippen LogP contribution in [0.5, 0.6) is 11.5 Å². The summed E-state index contributed by atoms with van der Waals surface area (Å²) in [5, 5.41) is 13.4. The minimum absolute atomic E-state index is 0.306. The number of thioether (sulfide) groups is 1. The minimum atomic E-state index is -0.306. The van der Waals surface area contributed by atoms with Gasteiger partial charge in [0.1, 0.15) is 6.61 Å². The summed E-state index contributed by atoms with van der Waals surface area (Å²) in [7, 11) is 1.92. The Labute approximate surface area is 164 Å². The number of hydrogen-bond donors (Lipinski definition) is 0. The van der Waals surface area contributed by atoms with E-state index in [9.17, 15) is 0 Å². The molecule has 0 saturated carbocycles. The maximum atomic E-state index is 6.02. The van der Waals surface area contributed by atoms with Crippen LogP contribution in [0.4, 0.5) is 0 Å². The quantitative estimate of drug-likeness (QED) is 0.470. The molecule has 8 nitrogen and oxygen atoms in total. The second-order valence-corrected chi connectivity index (χ2v) is 7.15. The largest absolute Gasteiger partial charge is 0.485 e. The van der Waals surface area contributed by atoms with Crippen LogP contribution < -0.4 is 9.47 Å². The molecule has 9 heteroatoms. The lowest BCUT2D eigenvalue weighted by molar-refractivity contribution is 0.0825. The Kier molecular flexibility index (Phi) is 4.28. The van der Waals surface area contributed by atoms with Crippen molar-refractivity contribution in [1.82, 2.24) is 19.9 Å². The molecular weight excluding hydrogens is 380 g/mol. The predicted molar refractivity (Wildman–Crippen MR) is 100 cm³/mol. The van der Waals surface area contributed by atoms with Crippen molar-refractivity contribution >= 4 is 11.8 Å². The molecule has 4 heterocycles. The fourth-order valence-corrected chi connectivity index (χ4v) is 3.73. The number of ether oxygens (including phenoxy) is 2. The lowest BCUT2D eigenvalue weighted by Gasteiger charge is -2.25. The molecule has 0 radical (unpaired) electrons. The van der Waals surface area contributed by atoms with Crippen LogP contribution >= 0.6 is 11.8 Å². The van der Waals surface area contributed by atoms with Gasteiger partial charge >= 0.3 is 0 Å². The molecule has 0 bridgehead atoms. The lowest BCUT2D eigenvalue weighted by atomic mass is 10.2. The summed E-state index contributed by atoms with van der Waals surface area (Å²) in [6.45, 7) is 0.392. The van der Waals surface area contributed by atoms with E-state index in [1.807, 2.05) is 54.1 Å². The van der Waals surface area contributed by atoms with Crippen LogP contribution in [-0.4, -0.2) is 26.5 Å². The minimum Gasteiger partial charge on any atom is -0.485 e. The fraction of sp³-hybridized carbons (Fsp3) is 0.211. The van der Waals surface area contributed by atoms with Crippen LogP contribution in [0.1, 0.15) is 17.6 Å². The molecule has 0 spiro atoms. The molecular formula is C19H16N4O4S. The Morgan fingerprint density at radius 1 is 1.11 bits per heavy atom. The molecule has 0 saturated heterocycles. The van der Waals surface area contributed by atoms with Crippen molar-refractivity contribution in [2.75, 3.05) is 6.61 Å². The van der Waals surface area contributed by atoms with Gasteiger partial charge in [0.25, 0.3) is 0 Å². The van der Waals surface area contributed by atoms with Crippen molar-refractivity contribution in [3.8, 4) is 23.0 Å². The predicted octanol–water partition coefficient (Wildman–Crippen LogP) is 3.87. The van der Waals surface area contributed by atoms with E-state index in [0.29, 0.717) is 35.5 Å². The third kappa shape index (κ3) is 3.13. The third-order valence-electron chi connectivity index (χ3n) is 4.34. The maximum Gasteiger partial charge on any atom is 0.202 e.